The summed E-state index contributed by atoms with van der Waals surface area (Å²) in [7, 11) is 1.81. The van der Waals surface area contributed by atoms with E-state index in [-0.39, 0.29) is 5.75 Å². The first-order valence-electron chi connectivity index (χ1n) is 9.27. The number of anilines is 1. The molecular formula is C25H19NO2. The largest absolute Gasteiger partial charge is 0.505 e. The van der Waals surface area contributed by atoms with Gasteiger partial charge in [-0.25, -0.2) is 0 Å². The minimum absolute atomic E-state index is 0.215. The van der Waals surface area contributed by atoms with Gasteiger partial charge in [-0.15, -0.1) is 0 Å². The van der Waals surface area contributed by atoms with Gasteiger partial charge in [-0.05, 0) is 28.8 Å². The summed E-state index contributed by atoms with van der Waals surface area (Å²) >= 11 is 0. The normalized spacial score (nSPS) is 11.2. The summed E-state index contributed by atoms with van der Waals surface area (Å²) in [6, 6.07) is 28.5. The number of para-hydroxylation sites is 1. The number of rotatable bonds is 3. The molecular weight excluding hydrogens is 346 g/mol. The van der Waals surface area contributed by atoms with Crippen molar-refractivity contribution in [2.75, 3.05) is 12.4 Å². The monoisotopic (exact) mass is 365 g/mol. The van der Waals surface area contributed by atoms with Crippen LogP contribution in [0, 0.1) is 0 Å². The third-order valence-electron chi connectivity index (χ3n) is 5.19. The van der Waals surface area contributed by atoms with Crippen LogP contribution in [-0.4, -0.2) is 12.2 Å². The van der Waals surface area contributed by atoms with Gasteiger partial charge in [0.2, 0.25) is 0 Å². The molecule has 5 rings (SSSR count). The van der Waals surface area contributed by atoms with Crippen molar-refractivity contribution in [3.8, 4) is 28.0 Å². The van der Waals surface area contributed by atoms with Crippen molar-refractivity contribution < 1.29 is 9.52 Å². The molecule has 1 heterocycles. The van der Waals surface area contributed by atoms with E-state index in [4.69, 9.17) is 4.42 Å². The fourth-order valence-corrected chi connectivity index (χ4v) is 3.76. The number of furan rings is 1. The van der Waals surface area contributed by atoms with Gasteiger partial charge in [0, 0.05) is 18.0 Å². The lowest BCUT2D eigenvalue weighted by Gasteiger charge is -2.10. The fraction of sp³-hybridized carbons (Fsp3) is 0.0400. The third-order valence-corrected chi connectivity index (χ3v) is 5.19. The topological polar surface area (TPSA) is 45.4 Å². The molecule has 3 nitrogen and oxygen atoms in total. The molecule has 0 bridgehead atoms. The van der Waals surface area contributed by atoms with E-state index in [1.165, 1.54) is 5.56 Å². The SMILES string of the molecule is CNc1cc(-c2ccc(-c3ccccc3)cc2)c2oc3ccccc3c2c1O. The van der Waals surface area contributed by atoms with E-state index in [2.05, 4.69) is 41.7 Å². The van der Waals surface area contributed by atoms with Gasteiger partial charge in [-0.3, -0.25) is 0 Å². The van der Waals surface area contributed by atoms with E-state index in [1.54, 1.807) is 0 Å². The van der Waals surface area contributed by atoms with Gasteiger partial charge in [0.15, 0.2) is 0 Å². The highest BCUT2D eigenvalue weighted by atomic mass is 16.3. The average Bonchev–Trinajstić information content (AvgIpc) is 3.15. The summed E-state index contributed by atoms with van der Waals surface area (Å²) in [6.07, 6.45) is 0. The number of nitrogens with one attached hydrogen (secondary N) is 1. The zero-order valence-corrected chi connectivity index (χ0v) is 15.4. The highest BCUT2D eigenvalue weighted by Gasteiger charge is 2.19. The third kappa shape index (κ3) is 2.52. The van der Waals surface area contributed by atoms with Gasteiger partial charge in [0.05, 0.1) is 11.1 Å². The molecule has 0 aliphatic rings. The number of benzene rings is 4. The molecule has 0 amide bonds. The summed E-state index contributed by atoms with van der Waals surface area (Å²) in [5, 5.41) is 15.5. The zero-order chi connectivity index (χ0) is 19.1. The number of hydrogen-bond acceptors (Lipinski definition) is 3. The first-order valence-corrected chi connectivity index (χ1v) is 9.27. The van der Waals surface area contributed by atoms with Crippen molar-refractivity contribution in [1.29, 1.82) is 0 Å². The highest BCUT2D eigenvalue weighted by Crippen LogP contribution is 2.44. The molecule has 28 heavy (non-hydrogen) atoms. The van der Waals surface area contributed by atoms with Crippen molar-refractivity contribution in [3.05, 3.63) is 84.9 Å². The second kappa shape index (κ2) is 6.46. The Kier molecular flexibility index (Phi) is 3.80. The van der Waals surface area contributed by atoms with Gasteiger partial charge in [0.25, 0.3) is 0 Å². The molecule has 0 unspecified atom stereocenters. The maximum absolute atomic E-state index is 10.8. The van der Waals surface area contributed by atoms with Crippen LogP contribution in [0.2, 0.25) is 0 Å². The Morgan fingerprint density at radius 3 is 2.14 bits per heavy atom. The van der Waals surface area contributed by atoms with Gasteiger partial charge < -0.3 is 14.8 Å². The average molecular weight is 365 g/mol. The molecule has 0 aliphatic carbocycles. The highest BCUT2D eigenvalue weighted by molar-refractivity contribution is 6.14. The molecule has 0 atom stereocenters. The van der Waals surface area contributed by atoms with Crippen molar-refractivity contribution >= 4 is 27.6 Å². The molecule has 0 radical (unpaired) electrons. The van der Waals surface area contributed by atoms with Crippen molar-refractivity contribution in [2.24, 2.45) is 0 Å². The van der Waals surface area contributed by atoms with Crippen LogP contribution in [0.5, 0.6) is 5.75 Å². The molecule has 136 valence electrons. The van der Waals surface area contributed by atoms with E-state index in [0.29, 0.717) is 11.3 Å². The predicted octanol–water partition coefficient (Wildman–Crippen LogP) is 6.67. The maximum atomic E-state index is 10.8. The molecule has 5 aromatic rings. The summed E-state index contributed by atoms with van der Waals surface area (Å²) in [5.74, 6) is 0.215. The fourth-order valence-electron chi connectivity index (χ4n) is 3.76. The first kappa shape index (κ1) is 16.5. The maximum Gasteiger partial charge on any atom is 0.150 e. The van der Waals surface area contributed by atoms with Crippen LogP contribution in [-0.2, 0) is 0 Å². The number of phenols is 1. The Morgan fingerprint density at radius 1 is 0.750 bits per heavy atom. The number of fused-ring (bicyclic) bond motifs is 3. The second-order valence-electron chi connectivity index (χ2n) is 6.82. The van der Waals surface area contributed by atoms with Gasteiger partial charge >= 0.3 is 0 Å². The number of phenolic OH excluding ortho intramolecular Hbond substituents is 1. The zero-order valence-electron chi connectivity index (χ0n) is 15.4. The van der Waals surface area contributed by atoms with E-state index < -0.39 is 0 Å². The van der Waals surface area contributed by atoms with Crippen molar-refractivity contribution in [2.45, 2.75) is 0 Å². The van der Waals surface area contributed by atoms with Gasteiger partial charge in [0.1, 0.15) is 16.9 Å². The van der Waals surface area contributed by atoms with Crippen LogP contribution in [0.1, 0.15) is 0 Å². The molecule has 0 fully saturated rings. The summed E-state index contributed by atoms with van der Waals surface area (Å²) < 4.78 is 6.15. The quantitative estimate of drug-likeness (QED) is 0.351. The Hall–Kier alpha value is -3.72. The van der Waals surface area contributed by atoms with E-state index >= 15 is 0 Å². The van der Waals surface area contributed by atoms with Crippen LogP contribution in [0.4, 0.5) is 5.69 Å². The lowest BCUT2D eigenvalue weighted by Crippen LogP contribution is -1.91. The Bertz CT molecular complexity index is 1290. The van der Waals surface area contributed by atoms with Crippen LogP contribution in [0.15, 0.2) is 89.3 Å². The molecule has 4 aromatic carbocycles. The van der Waals surface area contributed by atoms with Crippen molar-refractivity contribution in [3.63, 3.8) is 0 Å². The Morgan fingerprint density at radius 2 is 1.39 bits per heavy atom. The van der Waals surface area contributed by atoms with Crippen LogP contribution in [0.3, 0.4) is 0 Å². The van der Waals surface area contributed by atoms with Crippen LogP contribution >= 0.6 is 0 Å². The molecule has 3 heteroatoms. The second-order valence-corrected chi connectivity index (χ2v) is 6.82. The van der Waals surface area contributed by atoms with Crippen LogP contribution in [0.25, 0.3) is 44.2 Å². The smallest absolute Gasteiger partial charge is 0.150 e. The summed E-state index contributed by atoms with van der Waals surface area (Å²) in [5.41, 5.74) is 6.49. The minimum Gasteiger partial charge on any atom is -0.505 e. The molecule has 1 aromatic heterocycles. The van der Waals surface area contributed by atoms with E-state index in [1.807, 2.05) is 55.6 Å². The van der Waals surface area contributed by atoms with E-state index in [9.17, 15) is 5.11 Å². The molecule has 2 N–H and O–H groups in total. The molecule has 0 saturated carbocycles. The predicted molar refractivity (Wildman–Crippen MR) is 116 cm³/mol. The lowest BCUT2D eigenvalue weighted by atomic mass is 9.97. The van der Waals surface area contributed by atoms with Gasteiger partial charge in [-0.2, -0.15) is 0 Å². The summed E-state index contributed by atoms with van der Waals surface area (Å²) in [6.45, 7) is 0. The van der Waals surface area contributed by atoms with E-state index in [0.717, 1.165) is 33.0 Å². The summed E-state index contributed by atoms with van der Waals surface area (Å²) in [4.78, 5) is 0. The standard InChI is InChI=1S/C25H19NO2/c1-26-21-15-20(18-13-11-17(12-14-18)16-7-3-2-4-8-16)25-23(24(21)27)19-9-5-6-10-22(19)28-25/h2-15,26-27H,1H3. The molecule has 0 aliphatic heterocycles. The van der Waals surface area contributed by atoms with Crippen LogP contribution < -0.4 is 5.32 Å². The van der Waals surface area contributed by atoms with Crippen molar-refractivity contribution in [1.82, 2.24) is 0 Å². The lowest BCUT2D eigenvalue weighted by molar-refractivity contribution is 0.483. The molecule has 0 spiro atoms. The Labute approximate surface area is 162 Å². The van der Waals surface area contributed by atoms with Gasteiger partial charge in [-0.1, -0.05) is 72.8 Å². The number of hydrogen-bond donors (Lipinski definition) is 2. The first-order chi connectivity index (χ1) is 13.8. The minimum atomic E-state index is 0.215. The molecule has 0 saturated heterocycles. The Balaban J connectivity index is 1.73. The number of aromatic hydroxyl groups is 1.